The van der Waals surface area contributed by atoms with Crippen LogP contribution in [0.4, 0.5) is 0 Å². The first-order valence-electron chi connectivity index (χ1n) is 8.54. The van der Waals surface area contributed by atoms with Crippen LogP contribution in [-0.2, 0) is 21.0 Å². The number of fused-ring (bicyclic) bond motifs is 1. The molecule has 2 heterocycles. The van der Waals surface area contributed by atoms with Crippen LogP contribution in [0.1, 0.15) is 42.3 Å². The molecule has 28 heavy (non-hydrogen) atoms. The molecule has 0 radical (unpaired) electrons. The third-order valence-electron chi connectivity index (χ3n) is 4.48. The van der Waals surface area contributed by atoms with Crippen LogP contribution in [0.25, 0.3) is 0 Å². The lowest BCUT2D eigenvalue weighted by atomic mass is 9.95. The summed E-state index contributed by atoms with van der Waals surface area (Å²) < 4.78 is 11.5. The molecule has 0 saturated heterocycles. The van der Waals surface area contributed by atoms with Gasteiger partial charge in [0.2, 0.25) is 0 Å². The Kier molecular flexibility index (Phi) is 5.53. The molecule has 1 aliphatic heterocycles. The van der Waals surface area contributed by atoms with Gasteiger partial charge in [0.1, 0.15) is 12.7 Å². The predicted octanol–water partition coefficient (Wildman–Crippen LogP) is 3.80. The van der Waals surface area contributed by atoms with Gasteiger partial charge in [-0.2, -0.15) is 0 Å². The molecule has 0 bridgehead atoms. The molecule has 1 aromatic heterocycles. The van der Waals surface area contributed by atoms with Crippen molar-refractivity contribution in [1.29, 1.82) is 0 Å². The summed E-state index contributed by atoms with van der Waals surface area (Å²) in [5, 5.41) is 10.1. The second-order valence-electron chi connectivity index (χ2n) is 7.12. The van der Waals surface area contributed by atoms with Gasteiger partial charge in [-0.15, -0.1) is 10.1 Å². The summed E-state index contributed by atoms with van der Waals surface area (Å²) in [5.74, 6) is -0.337. The number of rotatable bonds is 6. The summed E-state index contributed by atoms with van der Waals surface area (Å²) >= 11 is 5.95. The zero-order valence-electron chi connectivity index (χ0n) is 15.6. The smallest absolute Gasteiger partial charge is 0.318 e. The summed E-state index contributed by atoms with van der Waals surface area (Å²) in [4.78, 5) is 31.7. The number of esters is 1. The SMILES string of the molecule is Cc1ncc2c(c1OC(=O)C(C)(C)CO[N+](=O)[O-])CO[C@@H]2c1ccc(Cl)cc1. The lowest BCUT2D eigenvalue weighted by molar-refractivity contribution is -0.760. The van der Waals surface area contributed by atoms with E-state index in [2.05, 4.69) is 9.82 Å². The van der Waals surface area contributed by atoms with E-state index in [1.807, 2.05) is 12.1 Å². The highest BCUT2D eigenvalue weighted by Crippen LogP contribution is 2.41. The lowest BCUT2D eigenvalue weighted by Gasteiger charge is -2.22. The van der Waals surface area contributed by atoms with Crippen LogP contribution in [0.2, 0.25) is 5.02 Å². The number of ether oxygens (including phenoxy) is 2. The van der Waals surface area contributed by atoms with E-state index in [9.17, 15) is 14.9 Å². The van der Waals surface area contributed by atoms with Crippen LogP contribution >= 0.6 is 11.6 Å². The van der Waals surface area contributed by atoms with Crippen molar-refractivity contribution in [3.8, 4) is 5.75 Å². The molecule has 0 amide bonds. The van der Waals surface area contributed by atoms with Crippen molar-refractivity contribution < 1.29 is 24.2 Å². The number of nitrogens with zero attached hydrogens (tertiary/aromatic N) is 2. The van der Waals surface area contributed by atoms with E-state index >= 15 is 0 Å². The Labute approximate surface area is 166 Å². The molecule has 0 unspecified atom stereocenters. The van der Waals surface area contributed by atoms with Gasteiger partial charge in [-0.3, -0.25) is 9.78 Å². The molecule has 0 saturated carbocycles. The number of aryl methyl sites for hydroxylation is 1. The molecule has 148 valence electrons. The molecular formula is C19H19ClN2O6. The normalized spacial score (nSPS) is 15.8. The minimum atomic E-state index is -1.21. The number of pyridine rings is 1. The van der Waals surface area contributed by atoms with E-state index in [0.29, 0.717) is 16.5 Å². The summed E-state index contributed by atoms with van der Waals surface area (Å²) in [6.45, 7) is 4.58. The van der Waals surface area contributed by atoms with E-state index in [4.69, 9.17) is 21.1 Å². The van der Waals surface area contributed by atoms with Crippen LogP contribution in [0.15, 0.2) is 30.5 Å². The minimum absolute atomic E-state index is 0.250. The Hall–Kier alpha value is -2.71. The van der Waals surface area contributed by atoms with Crippen molar-refractivity contribution in [1.82, 2.24) is 4.98 Å². The zero-order valence-corrected chi connectivity index (χ0v) is 16.4. The molecule has 1 aromatic carbocycles. The molecule has 3 rings (SSSR count). The summed E-state index contributed by atoms with van der Waals surface area (Å²) in [6, 6.07) is 7.29. The fourth-order valence-corrected chi connectivity index (χ4v) is 2.96. The number of aromatic nitrogens is 1. The van der Waals surface area contributed by atoms with Crippen molar-refractivity contribution in [3.05, 3.63) is 68.0 Å². The maximum absolute atomic E-state index is 12.6. The lowest BCUT2D eigenvalue weighted by Crippen LogP contribution is -2.34. The average Bonchev–Trinajstić information content (AvgIpc) is 3.07. The maximum atomic E-state index is 12.6. The molecule has 9 heteroatoms. The Morgan fingerprint density at radius 3 is 2.71 bits per heavy atom. The molecule has 1 atom stereocenters. The number of benzene rings is 1. The van der Waals surface area contributed by atoms with Gasteiger partial charge in [-0.25, -0.2) is 0 Å². The molecule has 1 aliphatic rings. The molecule has 8 nitrogen and oxygen atoms in total. The molecular weight excluding hydrogens is 388 g/mol. The van der Waals surface area contributed by atoms with Crippen LogP contribution in [-0.4, -0.2) is 22.6 Å². The van der Waals surface area contributed by atoms with E-state index < -0.39 is 23.1 Å². The van der Waals surface area contributed by atoms with E-state index in [1.165, 1.54) is 13.8 Å². The minimum Gasteiger partial charge on any atom is -0.424 e. The monoisotopic (exact) mass is 406 g/mol. The van der Waals surface area contributed by atoms with Gasteiger partial charge in [0.15, 0.2) is 5.75 Å². The number of hydrogen-bond acceptors (Lipinski definition) is 7. The fraction of sp³-hybridized carbons (Fsp3) is 0.368. The predicted molar refractivity (Wildman–Crippen MR) is 99.4 cm³/mol. The number of halogens is 1. The van der Waals surface area contributed by atoms with Gasteiger partial charge in [0, 0.05) is 22.3 Å². The summed E-state index contributed by atoms with van der Waals surface area (Å²) in [5.41, 5.74) is 1.75. The molecule has 0 fully saturated rings. The third kappa shape index (κ3) is 4.07. The van der Waals surface area contributed by atoms with Crippen LogP contribution in [0.3, 0.4) is 0 Å². The second kappa shape index (κ2) is 7.73. The van der Waals surface area contributed by atoms with Crippen molar-refractivity contribution in [3.63, 3.8) is 0 Å². The quantitative estimate of drug-likeness (QED) is 0.408. The van der Waals surface area contributed by atoms with Crippen LogP contribution < -0.4 is 4.74 Å². The van der Waals surface area contributed by atoms with Crippen LogP contribution in [0, 0.1) is 22.5 Å². The van der Waals surface area contributed by atoms with E-state index in [-0.39, 0.29) is 12.7 Å². The van der Waals surface area contributed by atoms with E-state index in [0.717, 1.165) is 16.7 Å². The highest BCUT2D eigenvalue weighted by Gasteiger charge is 2.35. The first-order valence-corrected chi connectivity index (χ1v) is 8.92. The molecule has 0 aliphatic carbocycles. The Balaban J connectivity index is 1.87. The van der Waals surface area contributed by atoms with Gasteiger partial charge in [-0.05, 0) is 38.5 Å². The van der Waals surface area contributed by atoms with Gasteiger partial charge < -0.3 is 14.3 Å². The standard InChI is InChI=1S/C19H19ClN2O6/c1-11-16(28-18(23)19(2,3)10-27-22(24)25)15-9-26-17(14(15)8-21-11)12-4-6-13(20)7-5-12/h4-8,17H,9-10H2,1-3H3/t17-/m1/s1. The van der Waals surface area contributed by atoms with Crippen LogP contribution in [0.5, 0.6) is 5.75 Å². The molecule has 0 spiro atoms. The Morgan fingerprint density at radius 1 is 1.39 bits per heavy atom. The van der Waals surface area contributed by atoms with Gasteiger partial charge >= 0.3 is 5.97 Å². The first kappa shape index (κ1) is 20.0. The highest BCUT2D eigenvalue weighted by molar-refractivity contribution is 6.30. The zero-order chi connectivity index (χ0) is 20.5. The second-order valence-corrected chi connectivity index (χ2v) is 7.56. The van der Waals surface area contributed by atoms with Crippen molar-refractivity contribution in [2.45, 2.75) is 33.5 Å². The topological polar surface area (TPSA) is 101 Å². The number of hydrogen-bond donors (Lipinski definition) is 0. The third-order valence-corrected chi connectivity index (χ3v) is 4.73. The largest absolute Gasteiger partial charge is 0.424 e. The number of carbonyl (C=O) groups is 1. The van der Waals surface area contributed by atoms with Crippen molar-refractivity contribution in [2.24, 2.45) is 5.41 Å². The Morgan fingerprint density at radius 2 is 2.07 bits per heavy atom. The fourth-order valence-electron chi connectivity index (χ4n) is 2.84. The van der Waals surface area contributed by atoms with Crippen molar-refractivity contribution >= 4 is 17.6 Å². The van der Waals surface area contributed by atoms with Crippen molar-refractivity contribution in [2.75, 3.05) is 6.61 Å². The first-order chi connectivity index (χ1) is 13.2. The number of carbonyl (C=O) groups excluding carboxylic acids is 1. The average molecular weight is 407 g/mol. The van der Waals surface area contributed by atoms with Gasteiger partial charge in [0.05, 0.1) is 17.7 Å². The maximum Gasteiger partial charge on any atom is 0.318 e. The van der Waals surface area contributed by atoms with E-state index in [1.54, 1.807) is 25.3 Å². The highest BCUT2D eigenvalue weighted by atomic mass is 35.5. The molecule has 0 N–H and O–H groups in total. The van der Waals surface area contributed by atoms with Gasteiger partial charge in [0.25, 0.3) is 5.09 Å². The summed E-state index contributed by atoms with van der Waals surface area (Å²) in [7, 11) is 0. The Bertz CT molecular complexity index is 913. The molecule has 2 aromatic rings. The van der Waals surface area contributed by atoms with Gasteiger partial charge in [-0.1, -0.05) is 23.7 Å². The summed E-state index contributed by atoms with van der Waals surface area (Å²) in [6.07, 6.45) is 1.36.